The highest BCUT2D eigenvalue weighted by Crippen LogP contribution is 2.39. The Balaban J connectivity index is 1.45. The van der Waals surface area contributed by atoms with Gasteiger partial charge in [-0.25, -0.2) is 9.78 Å². The van der Waals surface area contributed by atoms with Gasteiger partial charge in [0, 0.05) is 38.3 Å². The molecule has 2 aromatic heterocycles. The maximum Gasteiger partial charge on any atom is 0.421 e. The van der Waals surface area contributed by atoms with Crippen molar-refractivity contribution in [3.8, 4) is 0 Å². The van der Waals surface area contributed by atoms with Crippen LogP contribution in [0.2, 0.25) is 0 Å². The van der Waals surface area contributed by atoms with Gasteiger partial charge in [-0.05, 0) is 31.4 Å². The van der Waals surface area contributed by atoms with E-state index < -0.39 is 5.60 Å². The van der Waals surface area contributed by atoms with Gasteiger partial charge in [0.25, 0.3) is 0 Å². The Morgan fingerprint density at radius 1 is 1.35 bits per heavy atom. The number of likely N-dealkylation sites (tertiary alicyclic amines) is 1. The molecule has 2 aromatic rings. The highest BCUT2D eigenvalue weighted by atomic mass is 16.4. The molecule has 2 atom stereocenters. The second-order valence-corrected chi connectivity index (χ2v) is 6.94. The number of piperidine rings is 1. The molecule has 0 spiro atoms. The standard InChI is InChI=1S/C17H23N3O3/c21-16-20(15-14(23-16)5-3-8-18-15)11-10-19-9-7-17(22)6-2-1-4-13(17)12-19/h3,5,8,13,22H,1-2,4,6-7,9-12H2. The summed E-state index contributed by atoms with van der Waals surface area (Å²) in [5.41, 5.74) is 0.705. The number of aromatic nitrogens is 2. The van der Waals surface area contributed by atoms with Gasteiger partial charge in [0.1, 0.15) is 0 Å². The topological polar surface area (TPSA) is 71.5 Å². The third kappa shape index (κ3) is 2.70. The average molecular weight is 317 g/mol. The third-order valence-corrected chi connectivity index (χ3v) is 5.58. The maximum absolute atomic E-state index is 12.0. The fourth-order valence-corrected chi connectivity index (χ4v) is 4.18. The van der Waals surface area contributed by atoms with Gasteiger partial charge in [0.15, 0.2) is 11.2 Å². The first kappa shape index (κ1) is 14.9. The fourth-order valence-electron chi connectivity index (χ4n) is 4.18. The average Bonchev–Trinajstić information content (AvgIpc) is 2.88. The summed E-state index contributed by atoms with van der Waals surface area (Å²) in [4.78, 5) is 18.6. The smallest absolute Gasteiger partial charge is 0.406 e. The molecule has 2 unspecified atom stereocenters. The van der Waals surface area contributed by atoms with Crippen molar-refractivity contribution in [2.45, 2.75) is 44.2 Å². The Hall–Kier alpha value is -1.66. The summed E-state index contributed by atoms with van der Waals surface area (Å²) in [6.45, 7) is 3.19. The van der Waals surface area contributed by atoms with Crippen LogP contribution in [0.15, 0.2) is 27.5 Å². The number of rotatable bonds is 3. The SMILES string of the molecule is O=c1oc2cccnc2n1CCN1CCC2(O)CCCCC2C1. The molecule has 0 amide bonds. The van der Waals surface area contributed by atoms with Crippen LogP contribution >= 0.6 is 0 Å². The van der Waals surface area contributed by atoms with E-state index in [9.17, 15) is 9.90 Å². The summed E-state index contributed by atoms with van der Waals surface area (Å²) in [6, 6.07) is 3.54. The molecule has 2 aliphatic rings. The Labute approximate surface area is 134 Å². The lowest BCUT2D eigenvalue weighted by Gasteiger charge is -2.47. The Bertz CT molecular complexity index is 753. The van der Waals surface area contributed by atoms with E-state index in [1.807, 2.05) is 0 Å². The maximum atomic E-state index is 12.0. The van der Waals surface area contributed by atoms with Crippen LogP contribution in [0, 0.1) is 5.92 Å². The number of aliphatic hydroxyl groups is 1. The Kier molecular flexibility index (Phi) is 3.73. The second-order valence-electron chi connectivity index (χ2n) is 6.94. The highest BCUT2D eigenvalue weighted by molar-refractivity contribution is 5.67. The van der Waals surface area contributed by atoms with Gasteiger partial charge in [-0.1, -0.05) is 12.8 Å². The first-order valence-electron chi connectivity index (χ1n) is 8.55. The zero-order valence-corrected chi connectivity index (χ0v) is 13.3. The molecule has 1 saturated heterocycles. The summed E-state index contributed by atoms with van der Waals surface area (Å²) in [5.74, 6) is 0.0332. The first-order valence-corrected chi connectivity index (χ1v) is 8.55. The van der Waals surface area contributed by atoms with E-state index in [4.69, 9.17) is 4.42 Å². The zero-order valence-electron chi connectivity index (χ0n) is 13.3. The number of hydrogen-bond acceptors (Lipinski definition) is 5. The number of nitrogens with zero attached hydrogens (tertiary/aromatic N) is 3. The van der Waals surface area contributed by atoms with Crippen molar-refractivity contribution < 1.29 is 9.52 Å². The lowest BCUT2D eigenvalue weighted by atomic mass is 9.71. The molecule has 124 valence electrons. The van der Waals surface area contributed by atoms with Crippen LogP contribution in [0.4, 0.5) is 0 Å². The van der Waals surface area contributed by atoms with Crippen LogP contribution < -0.4 is 5.76 Å². The lowest BCUT2D eigenvalue weighted by molar-refractivity contribution is -0.0955. The Morgan fingerprint density at radius 3 is 3.17 bits per heavy atom. The van der Waals surface area contributed by atoms with Gasteiger partial charge in [0.2, 0.25) is 0 Å². The van der Waals surface area contributed by atoms with Crippen molar-refractivity contribution in [1.29, 1.82) is 0 Å². The lowest BCUT2D eigenvalue weighted by Crippen LogP contribution is -2.53. The second kappa shape index (κ2) is 5.76. The molecule has 23 heavy (non-hydrogen) atoms. The van der Waals surface area contributed by atoms with E-state index >= 15 is 0 Å². The van der Waals surface area contributed by atoms with Crippen molar-refractivity contribution in [2.24, 2.45) is 5.92 Å². The molecule has 2 fully saturated rings. The summed E-state index contributed by atoms with van der Waals surface area (Å²) < 4.78 is 6.84. The number of fused-ring (bicyclic) bond motifs is 2. The normalized spacial score (nSPS) is 28.8. The first-order chi connectivity index (χ1) is 11.2. The number of hydrogen-bond donors (Lipinski definition) is 1. The minimum Gasteiger partial charge on any atom is -0.406 e. The fraction of sp³-hybridized carbons (Fsp3) is 0.647. The van der Waals surface area contributed by atoms with E-state index in [0.717, 1.165) is 45.3 Å². The molecular weight excluding hydrogens is 294 g/mol. The molecule has 0 aromatic carbocycles. The van der Waals surface area contributed by atoms with Gasteiger partial charge >= 0.3 is 5.76 Å². The molecular formula is C17H23N3O3. The van der Waals surface area contributed by atoms with Gasteiger partial charge in [0.05, 0.1) is 5.60 Å². The van der Waals surface area contributed by atoms with Gasteiger partial charge in [-0.15, -0.1) is 0 Å². The largest absolute Gasteiger partial charge is 0.421 e. The molecule has 6 nitrogen and oxygen atoms in total. The van der Waals surface area contributed by atoms with Crippen molar-refractivity contribution in [2.75, 3.05) is 19.6 Å². The molecule has 1 aliphatic heterocycles. The highest BCUT2D eigenvalue weighted by Gasteiger charge is 2.42. The summed E-state index contributed by atoms with van der Waals surface area (Å²) in [7, 11) is 0. The van der Waals surface area contributed by atoms with E-state index in [1.54, 1.807) is 22.9 Å². The predicted molar refractivity (Wildman–Crippen MR) is 86.2 cm³/mol. The zero-order chi connectivity index (χ0) is 15.9. The molecule has 3 heterocycles. The Morgan fingerprint density at radius 2 is 2.26 bits per heavy atom. The summed E-state index contributed by atoms with van der Waals surface area (Å²) in [6.07, 6.45) is 6.95. The van der Waals surface area contributed by atoms with Crippen molar-refractivity contribution in [3.63, 3.8) is 0 Å². The molecule has 1 N–H and O–H groups in total. The van der Waals surface area contributed by atoms with Crippen LogP contribution in [0.1, 0.15) is 32.1 Å². The van der Waals surface area contributed by atoms with Crippen LogP contribution in [0.3, 0.4) is 0 Å². The summed E-state index contributed by atoms with van der Waals surface area (Å²) in [5, 5.41) is 10.7. The minimum absolute atomic E-state index is 0.343. The van der Waals surface area contributed by atoms with Crippen LogP contribution in [0.5, 0.6) is 0 Å². The molecule has 0 bridgehead atoms. The van der Waals surface area contributed by atoms with Gasteiger partial charge in [-0.3, -0.25) is 4.57 Å². The minimum atomic E-state index is -0.449. The van der Waals surface area contributed by atoms with Crippen LogP contribution in [-0.2, 0) is 6.54 Å². The van der Waals surface area contributed by atoms with Crippen LogP contribution in [0.25, 0.3) is 11.2 Å². The molecule has 4 rings (SSSR count). The predicted octanol–water partition coefficient (Wildman–Crippen LogP) is 1.62. The van der Waals surface area contributed by atoms with Crippen molar-refractivity contribution >= 4 is 11.2 Å². The quantitative estimate of drug-likeness (QED) is 0.931. The van der Waals surface area contributed by atoms with E-state index in [1.165, 1.54) is 6.42 Å². The van der Waals surface area contributed by atoms with E-state index in [-0.39, 0.29) is 5.76 Å². The van der Waals surface area contributed by atoms with E-state index in [0.29, 0.717) is 23.7 Å². The van der Waals surface area contributed by atoms with E-state index in [2.05, 4.69) is 9.88 Å². The number of pyridine rings is 1. The number of oxazole rings is 1. The third-order valence-electron chi connectivity index (χ3n) is 5.58. The molecule has 0 radical (unpaired) electrons. The monoisotopic (exact) mass is 317 g/mol. The summed E-state index contributed by atoms with van der Waals surface area (Å²) >= 11 is 0. The molecule has 1 saturated carbocycles. The molecule has 6 heteroatoms. The van der Waals surface area contributed by atoms with Gasteiger partial charge in [-0.2, -0.15) is 0 Å². The van der Waals surface area contributed by atoms with Crippen LogP contribution in [-0.4, -0.2) is 44.8 Å². The van der Waals surface area contributed by atoms with Gasteiger partial charge < -0.3 is 14.4 Å². The van der Waals surface area contributed by atoms with Crippen molar-refractivity contribution in [1.82, 2.24) is 14.5 Å². The van der Waals surface area contributed by atoms with Crippen molar-refractivity contribution in [3.05, 3.63) is 28.9 Å². The molecule has 1 aliphatic carbocycles.